The fraction of sp³-hybridized carbons (Fsp3) is 0.389. The highest BCUT2D eigenvalue weighted by molar-refractivity contribution is 6.46. The normalized spacial score (nSPS) is 16.3. The molecule has 1 aliphatic heterocycles. The van der Waals surface area contributed by atoms with Crippen LogP contribution in [-0.2, 0) is 4.79 Å². The summed E-state index contributed by atoms with van der Waals surface area (Å²) in [7, 11) is 1.51. The summed E-state index contributed by atoms with van der Waals surface area (Å²) >= 11 is 12.2. The van der Waals surface area contributed by atoms with Crippen LogP contribution >= 0.6 is 23.2 Å². The van der Waals surface area contributed by atoms with Gasteiger partial charge in [-0.05, 0) is 45.0 Å². The molecular weight excluding hydrogens is 375 g/mol. The summed E-state index contributed by atoms with van der Waals surface area (Å²) in [6.07, 6.45) is 3.33. The molecule has 0 bridgehead atoms. The van der Waals surface area contributed by atoms with Gasteiger partial charge in [-0.15, -0.1) is 0 Å². The Kier molecular flexibility index (Phi) is 7.63. The first-order valence-electron chi connectivity index (χ1n) is 8.38. The van der Waals surface area contributed by atoms with E-state index in [0.717, 1.165) is 25.9 Å². The van der Waals surface area contributed by atoms with E-state index in [1.807, 2.05) is 0 Å². The van der Waals surface area contributed by atoms with Crippen LogP contribution in [0.2, 0.25) is 10.0 Å². The van der Waals surface area contributed by atoms with Gasteiger partial charge in [0.25, 0.3) is 11.8 Å². The Hall–Kier alpha value is -1.89. The minimum absolute atomic E-state index is 0.0901. The average molecular weight is 397 g/mol. The van der Waals surface area contributed by atoms with Crippen molar-refractivity contribution in [2.75, 3.05) is 20.1 Å². The molecule has 1 saturated heterocycles. The maximum absolute atomic E-state index is 12.6. The third-order valence-corrected chi connectivity index (χ3v) is 4.72. The molecule has 1 aromatic rings. The number of halogens is 2. The van der Waals surface area contributed by atoms with Crippen molar-refractivity contribution in [2.24, 2.45) is 4.99 Å². The van der Waals surface area contributed by atoms with Crippen LogP contribution in [0.1, 0.15) is 30.1 Å². The predicted molar refractivity (Wildman–Crippen MR) is 105 cm³/mol. The lowest BCUT2D eigenvalue weighted by Gasteiger charge is -2.24. The van der Waals surface area contributed by atoms with Crippen molar-refractivity contribution in [1.29, 1.82) is 0 Å². The Labute approximate surface area is 163 Å². The second-order valence-corrected chi connectivity index (χ2v) is 6.64. The number of allylic oxidation sites excluding steroid dienone is 1. The summed E-state index contributed by atoms with van der Waals surface area (Å²) in [4.78, 5) is 29.2. The third kappa shape index (κ3) is 5.06. The zero-order valence-corrected chi connectivity index (χ0v) is 16.2. The van der Waals surface area contributed by atoms with E-state index < -0.39 is 5.91 Å². The van der Waals surface area contributed by atoms with Gasteiger partial charge in [-0.25, -0.2) is 0 Å². The molecule has 0 radical (unpaired) electrons. The highest BCUT2D eigenvalue weighted by Crippen LogP contribution is 2.24. The number of carbonyl (C=O) groups excluding carboxylic acids is 2. The number of piperidine rings is 1. The number of nitrogens with zero attached hydrogens (tertiary/aromatic N) is 1. The van der Waals surface area contributed by atoms with Crippen LogP contribution in [0, 0.1) is 0 Å². The first-order valence-corrected chi connectivity index (χ1v) is 9.14. The van der Waals surface area contributed by atoms with Crippen LogP contribution in [-0.4, -0.2) is 43.7 Å². The van der Waals surface area contributed by atoms with Gasteiger partial charge in [0.15, 0.2) is 0 Å². The Bertz CT molecular complexity index is 720. The number of aliphatic imine (C=N–C) groups is 1. The average Bonchev–Trinajstić information content (AvgIpc) is 2.62. The van der Waals surface area contributed by atoms with E-state index in [9.17, 15) is 9.59 Å². The lowest BCUT2D eigenvalue weighted by molar-refractivity contribution is -0.115. The van der Waals surface area contributed by atoms with Gasteiger partial charge < -0.3 is 16.0 Å². The van der Waals surface area contributed by atoms with Crippen molar-refractivity contribution in [2.45, 2.75) is 25.8 Å². The number of hydrogen-bond acceptors (Lipinski definition) is 4. The molecule has 0 aromatic heterocycles. The van der Waals surface area contributed by atoms with Gasteiger partial charge in [0.05, 0.1) is 21.3 Å². The molecule has 0 spiro atoms. The number of hydrogen-bond donors (Lipinski definition) is 3. The molecule has 0 saturated carbocycles. The lowest BCUT2D eigenvalue weighted by atomic mass is 10.1. The number of benzene rings is 1. The van der Waals surface area contributed by atoms with E-state index in [1.54, 1.807) is 31.2 Å². The van der Waals surface area contributed by atoms with Gasteiger partial charge >= 0.3 is 0 Å². The number of carbonyl (C=O) groups is 2. The summed E-state index contributed by atoms with van der Waals surface area (Å²) in [6, 6.07) is 4.91. The van der Waals surface area contributed by atoms with Crippen molar-refractivity contribution in [3.8, 4) is 0 Å². The summed E-state index contributed by atoms with van der Waals surface area (Å²) in [5.41, 5.74) is 0.617. The molecule has 1 heterocycles. The Morgan fingerprint density at radius 2 is 1.85 bits per heavy atom. The Morgan fingerprint density at radius 1 is 1.23 bits per heavy atom. The van der Waals surface area contributed by atoms with Crippen molar-refractivity contribution in [1.82, 2.24) is 16.0 Å². The monoisotopic (exact) mass is 396 g/mol. The quantitative estimate of drug-likeness (QED) is 0.668. The smallest absolute Gasteiger partial charge is 0.271 e. The molecule has 26 heavy (non-hydrogen) atoms. The first-order chi connectivity index (χ1) is 12.5. The largest absolute Gasteiger partial charge is 0.348 e. The molecule has 0 aliphatic carbocycles. The second kappa shape index (κ2) is 9.71. The minimum atomic E-state index is -0.496. The van der Waals surface area contributed by atoms with E-state index in [4.69, 9.17) is 23.2 Å². The zero-order valence-electron chi connectivity index (χ0n) is 14.7. The molecule has 2 rings (SSSR count). The van der Waals surface area contributed by atoms with Crippen LogP contribution in [0.25, 0.3) is 0 Å². The topological polar surface area (TPSA) is 82.6 Å². The molecule has 2 amide bonds. The maximum atomic E-state index is 12.6. The third-order valence-electron chi connectivity index (χ3n) is 4.09. The molecular formula is C18H22Cl2N4O2. The summed E-state index contributed by atoms with van der Waals surface area (Å²) < 4.78 is 0. The molecule has 1 aromatic carbocycles. The van der Waals surface area contributed by atoms with Crippen molar-refractivity contribution in [3.05, 3.63) is 45.6 Å². The molecule has 3 N–H and O–H groups in total. The Balaban J connectivity index is 2.12. The number of nitrogens with one attached hydrogen (secondary N) is 3. The van der Waals surface area contributed by atoms with Gasteiger partial charge in [-0.1, -0.05) is 35.3 Å². The lowest BCUT2D eigenvalue weighted by Crippen LogP contribution is -2.46. The zero-order chi connectivity index (χ0) is 19.1. The van der Waals surface area contributed by atoms with Gasteiger partial charge in [-0.2, -0.15) is 0 Å². The van der Waals surface area contributed by atoms with Crippen LogP contribution < -0.4 is 16.0 Å². The number of rotatable bonds is 5. The van der Waals surface area contributed by atoms with Gasteiger partial charge in [0, 0.05) is 13.1 Å². The van der Waals surface area contributed by atoms with Gasteiger partial charge in [0.1, 0.15) is 5.71 Å². The fourth-order valence-electron chi connectivity index (χ4n) is 2.73. The van der Waals surface area contributed by atoms with Gasteiger partial charge in [0.2, 0.25) is 0 Å². The van der Waals surface area contributed by atoms with E-state index >= 15 is 0 Å². The van der Waals surface area contributed by atoms with Crippen LogP contribution in [0.15, 0.2) is 35.0 Å². The second-order valence-electron chi connectivity index (χ2n) is 5.82. The van der Waals surface area contributed by atoms with Crippen molar-refractivity contribution >= 4 is 40.7 Å². The van der Waals surface area contributed by atoms with Crippen LogP contribution in [0.4, 0.5) is 0 Å². The van der Waals surface area contributed by atoms with Crippen LogP contribution in [0.5, 0.6) is 0 Å². The molecule has 0 unspecified atom stereocenters. The highest BCUT2D eigenvalue weighted by atomic mass is 35.5. The van der Waals surface area contributed by atoms with E-state index in [1.165, 1.54) is 7.05 Å². The summed E-state index contributed by atoms with van der Waals surface area (Å²) in [5, 5.41) is 9.37. The van der Waals surface area contributed by atoms with Crippen molar-refractivity contribution in [3.63, 3.8) is 0 Å². The standard InChI is InChI=1S/C18H22Cl2N4O2/c1-3-14(24-17(25)15-12(19)5-4-6-13(15)20)16(21-2)18(26)23-11-7-9-22-10-8-11/h3-6,11,22H,7-10H2,1-2H3,(H,23,26)(H,24,25)/b14-3+,21-16+. The molecule has 8 heteroatoms. The predicted octanol–water partition coefficient (Wildman–Crippen LogP) is 2.57. The van der Waals surface area contributed by atoms with E-state index in [0.29, 0.717) is 5.70 Å². The molecule has 0 atom stereocenters. The fourth-order valence-corrected chi connectivity index (χ4v) is 3.30. The molecule has 1 aliphatic rings. The SMILES string of the molecule is C/C=C(NC(=O)c1c(Cl)cccc1Cl)\C(=N/C)C(=O)NC1CCNCC1. The molecule has 1 fully saturated rings. The van der Waals surface area contributed by atoms with Crippen molar-refractivity contribution < 1.29 is 9.59 Å². The van der Waals surface area contributed by atoms with E-state index in [-0.39, 0.29) is 33.3 Å². The van der Waals surface area contributed by atoms with Crippen LogP contribution in [0.3, 0.4) is 0 Å². The summed E-state index contributed by atoms with van der Waals surface area (Å²) in [5.74, 6) is -0.817. The minimum Gasteiger partial charge on any atom is -0.348 e. The maximum Gasteiger partial charge on any atom is 0.271 e. The van der Waals surface area contributed by atoms with Gasteiger partial charge in [-0.3, -0.25) is 14.6 Å². The van der Waals surface area contributed by atoms with E-state index in [2.05, 4.69) is 20.9 Å². The summed E-state index contributed by atoms with van der Waals surface area (Å²) in [6.45, 7) is 3.44. The molecule has 6 nitrogen and oxygen atoms in total. The first kappa shape index (κ1) is 20.4. The Morgan fingerprint density at radius 3 is 2.38 bits per heavy atom. The highest BCUT2D eigenvalue weighted by Gasteiger charge is 2.23. The molecule has 140 valence electrons. The number of amides is 2.